The highest BCUT2D eigenvalue weighted by molar-refractivity contribution is 6.02. The summed E-state index contributed by atoms with van der Waals surface area (Å²) in [5, 5.41) is 0. The lowest BCUT2D eigenvalue weighted by Gasteiger charge is -2.26. The van der Waals surface area contributed by atoms with E-state index in [1.807, 2.05) is 29.2 Å². The highest BCUT2D eigenvalue weighted by atomic mass is 16.5. The Hall–Kier alpha value is -2.37. The van der Waals surface area contributed by atoms with Crippen LogP contribution in [0.25, 0.3) is 0 Å². The zero-order valence-electron chi connectivity index (χ0n) is 13.9. The van der Waals surface area contributed by atoms with Crippen molar-refractivity contribution in [3.05, 3.63) is 29.8 Å². The van der Waals surface area contributed by atoms with Gasteiger partial charge in [-0.3, -0.25) is 19.3 Å². The van der Waals surface area contributed by atoms with E-state index in [0.29, 0.717) is 6.54 Å². The van der Waals surface area contributed by atoms with Gasteiger partial charge in [0.1, 0.15) is 5.75 Å². The van der Waals surface area contributed by atoms with Gasteiger partial charge in [-0.15, -0.1) is 0 Å². The van der Waals surface area contributed by atoms with Gasteiger partial charge in [0, 0.05) is 32.4 Å². The Kier molecular flexibility index (Phi) is 4.83. The molecule has 2 heterocycles. The second-order valence-corrected chi connectivity index (χ2v) is 6.21. The Balaban J connectivity index is 1.65. The van der Waals surface area contributed by atoms with E-state index in [1.54, 1.807) is 7.11 Å². The first-order valence-corrected chi connectivity index (χ1v) is 8.37. The Morgan fingerprint density at radius 2 is 2.00 bits per heavy atom. The summed E-state index contributed by atoms with van der Waals surface area (Å²) in [6.45, 7) is 0.903. The molecule has 6 nitrogen and oxygen atoms in total. The van der Waals surface area contributed by atoms with Crippen LogP contribution in [0.5, 0.6) is 5.75 Å². The fourth-order valence-corrected chi connectivity index (χ4v) is 3.48. The molecule has 0 bridgehead atoms. The number of carbonyl (C=O) groups is 3. The molecule has 2 aliphatic heterocycles. The van der Waals surface area contributed by atoms with Gasteiger partial charge in [0.05, 0.1) is 13.2 Å². The summed E-state index contributed by atoms with van der Waals surface area (Å²) in [5.74, 6) is 0.435. The third-order valence-electron chi connectivity index (χ3n) is 4.76. The SMILES string of the molecule is COc1cccc(C2CCCN2C(=O)CCN2C(=O)CCC2=O)c1. The summed E-state index contributed by atoms with van der Waals surface area (Å²) in [6.07, 6.45) is 2.60. The maximum Gasteiger partial charge on any atom is 0.229 e. The monoisotopic (exact) mass is 330 g/mol. The quantitative estimate of drug-likeness (QED) is 0.773. The molecule has 1 aromatic carbocycles. The first-order chi connectivity index (χ1) is 11.6. The first kappa shape index (κ1) is 16.5. The first-order valence-electron chi connectivity index (χ1n) is 8.37. The highest BCUT2D eigenvalue weighted by Crippen LogP contribution is 2.33. The Labute approximate surface area is 141 Å². The van der Waals surface area contributed by atoms with E-state index >= 15 is 0 Å². The normalized spacial score (nSPS) is 20.8. The summed E-state index contributed by atoms with van der Waals surface area (Å²) in [7, 11) is 1.63. The van der Waals surface area contributed by atoms with E-state index in [1.165, 1.54) is 4.90 Å². The Bertz CT molecular complexity index is 642. The van der Waals surface area contributed by atoms with Gasteiger partial charge in [-0.25, -0.2) is 0 Å². The van der Waals surface area contributed by atoms with Crippen molar-refractivity contribution in [1.29, 1.82) is 0 Å². The lowest BCUT2D eigenvalue weighted by molar-refractivity contribution is -0.139. The third-order valence-corrected chi connectivity index (χ3v) is 4.76. The van der Waals surface area contributed by atoms with E-state index in [-0.39, 0.29) is 49.6 Å². The minimum Gasteiger partial charge on any atom is -0.497 e. The van der Waals surface area contributed by atoms with Crippen LogP contribution in [-0.4, -0.2) is 47.7 Å². The molecule has 1 aromatic rings. The maximum absolute atomic E-state index is 12.6. The molecule has 6 heteroatoms. The highest BCUT2D eigenvalue weighted by Gasteiger charge is 2.32. The predicted molar refractivity (Wildman–Crippen MR) is 87.3 cm³/mol. The van der Waals surface area contributed by atoms with Crippen molar-refractivity contribution >= 4 is 17.7 Å². The molecule has 3 amide bonds. The van der Waals surface area contributed by atoms with Gasteiger partial charge in [-0.05, 0) is 30.5 Å². The summed E-state index contributed by atoms with van der Waals surface area (Å²) in [5.41, 5.74) is 1.06. The van der Waals surface area contributed by atoms with Crippen molar-refractivity contribution in [2.24, 2.45) is 0 Å². The number of hydrogen-bond donors (Lipinski definition) is 0. The summed E-state index contributed by atoms with van der Waals surface area (Å²) in [6, 6.07) is 7.82. The van der Waals surface area contributed by atoms with Crippen molar-refractivity contribution in [1.82, 2.24) is 9.80 Å². The minimum atomic E-state index is -0.168. The van der Waals surface area contributed by atoms with Crippen LogP contribution in [-0.2, 0) is 14.4 Å². The molecule has 2 aliphatic rings. The van der Waals surface area contributed by atoms with E-state index in [4.69, 9.17) is 4.74 Å². The van der Waals surface area contributed by atoms with E-state index in [0.717, 1.165) is 24.2 Å². The van der Waals surface area contributed by atoms with Crippen LogP contribution in [0.4, 0.5) is 0 Å². The predicted octanol–water partition coefficient (Wildman–Crippen LogP) is 1.90. The van der Waals surface area contributed by atoms with Gasteiger partial charge < -0.3 is 9.64 Å². The van der Waals surface area contributed by atoms with Crippen LogP contribution in [0.1, 0.15) is 43.7 Å². The summed E-state index contributed by atoms with van der Waals surface area (Å²) >= 11 is 0. The van der Waals surface area contributed by atoms with Crippen molar-refractivity contribution in [2.75, 3.05) is 20.2 Å². The number of imide groups is 1. The number of amides is 3. The summed E-state index contributed by atoms with van der Waals surface area (Å²) in [4.78, 5) is 39.0. The van der Waals surface area contributed by atoms with Gasteiger partial charge in [0.15, 0.2) is 0 Å². The van der Waals surface area contributed by atoms with Gasteiger partial charge in [-0.2, -0.15) is 0 Å². The zero-order valence-corrected chi connectivity index (χ0v) is 13.9. The molecule has 2 fully saturated rings. The number of nitrogens with zero attached hydrogens (tertiary/aromatic N) is 2. The number of rotatable bonds is 5. The molecule has 0 radical (unpaired) electrons. The van der Waals surface area contributed by atoms with E-state index in [2.05, 4.69) is 0 Å². The molecule has 0 aliphatic carbocycles. The number of ether oxygens (including phenoxy) is 1. The third kappa shape index (κ3) is 3.27. The molecule has 1 atom stereocenters. The molecule has 2 saturated heterocycles. The largest absolute Gasteiger partial charge is 0.497 e. The molecule has 0 aromatic heterocycles. The fourth-order valence-electron chi connectivity index (χ4n) is 3.48. The minimum absolute atomic E-state index is 0.00665. The molecule has 0 saturated carbocycles. The number of hydrogen-bond acceptors (Lipinski definition) is 4. The molecule has 0 spiro atoms. The van der Waals surface area contributed by atoms with Crippen LogP contribution in [0.2, 0.25) is 0 Å². The standard InChI is InChI=1S/C18H22N2O4/c1-24-14-5-2-4-13(12-14)15-6-3-10-19(15)18(23)9-11-20-16(21)7-8-17(20)22/h2,4-5,12,15H,3,6-11H2,1H3. The second kappa shape index (κ2) is 7.03. The van der Waals surface area contributed by atoms with Crippen LogP contribution < -0.4 is 4.74 Å². The average Bonchev–Trinajstić information content (AvgIpc) is 3.20. The van der Waals surface area contributed by atoms with Crippen molar-refractivity contribution in [3.63, 3.8) is 0 Å². The molecule has 24 heavy (non-hydrogen) atoms. The zero-order chi connectivity index (χ0) is 17.1. The molecular weight excluding hydrogens is 308 g/mol. The Morgan fingerprint density at radius 1 is 1.25 bits per heavy atom. The molecule has 1 unspecified atom stereocenters. The van der Waals surface area contributed by atoms with Gasteiger partial charge in [0.25, 0.3) is 0 Å². The smallest absolute Gasteiger partial charge is 0.229 e. The van der Waals surface area contributed by atoms with E-state index < -0.39 is 0 Å². The van der Waals surface area contributed by atoms with Crippen LogP contribution in [0, 0.1) is 0 Å². The van der Waals surface area contributed by atoms with Crippen LogP contribution in [0.3, 0.4) is 0 Å². The van der Waals surface area contributed by atoms with E-state index in [9.17, 15) is 14.4 Å². The molecule has 0 N–H and O–H groups in total. The number of methoxy groups -OCH3 is 1. The van der Waals surface area contributed by atoms with Crippen LogP contribution >= 0.6 is 0 Å². The van der Waals surface area contributed by atoms with Gasteiger partial charge in [0.2, 0.25) is 17.7 Å². The number of benzene rings is 1. The fraction of sp³-hybridized carbons (Fsp3) is 0.500. The lowest BCUT2D eigenvalue weighted by atomic mass is 10.0. The lowest BCUT2D eigenvalue weighted by Crippen LogP contribution is -2.36. The molecular formula is C18H22N2O4. The maximum atomic E-state index is 12.6. The van der Waals surface area contributed by atoms with Crippen molar-refractivity contribution < 1.29 is 19.1 Å². The molecule has 128 valence electrons. The van der Waals surface area contributed by atoms with Gasteiger partial charge >= 0.3 is 0 Å². The molecule has 3 rings (SSSR count). The number of likely N-dealkylation sites (tertiary alicyclic amines) is 2. The van der Waals surface area contributed by atoms with Crippen molar-refractivity contribution in [3.8, 4) is 5.75 Å². The second-order valence-electron chi connectivity index (χ2n) is 6.21. The van der Waals surface area contributed by atoms with Crippen LogP contribution in [0.15, 0.2) is 24.3 Å². The summed E-state index contributed by atoms with van der Waals surface area (Å²) < 4.78 is 5.26. The van der Waals surface area contributed by atoms with Crippen molar-refractivity contribution in [2.45, 2.75) is 38.1 Å². The Morgan fingerprint density at radius 3 is 2.71 bits per heavy atom. The number of carbonyl (C=O) groups excluding carboxylic acids is 3. The topological polar surface area (TPSA) is 66.9 Å². The van der Waals surface area contributed by atoms with Gasteiger partial charge in [-0.1, -0.05) is 12.1 Å². The average molecular weight is 330 g/mol.